The average Bonchev–Trinajstić information content (AvgIpc) is 2.92. The van der Waals surface area contributed by atoms with Crippen LogP contribution in [0.25, 0.3) is 21.6 Å². The summed E-state index contributed by atoms with van der Waals surface area (Å²) < 4.78 is 47.1. The first-order chi connectivity index (χ1) is 11.5. The summed E-state index contributed by atoms with van der Waals surface area (Å²) >= 11 is 3.46. The third-order valence-corrected chi connectivity index (χ3v) is 6.99. The number of hydrogen-bond donors (Lipinski definition) is 1. The normalized spacial score (nSPS) is 12.3. The van der Waals surface area contributed by atoms with E-state index in [0.29, 0.717) is 15.0 Å². The Kier molecular flexibility index (Phi) is 5.31. The summed E-state index contributed by atoms with van der Waals surface area (Å²) in [6.45, 7) is 0. The van der Waals surface area contributed by atoms with Gasteiger partial charge in [0, 0.05) is 5.56 Å². The second-order valence-corrected chi connectivity index (χ2v) is 8.70. The Hall–Kier alpha value is -1.32. The summed E-state index contributed by atoms with van der Waals surface area (Å²) in [4.78, 5) is 0.868. The van der Waals surface area contributed by atoms with Crippen molar-refractivity contribution in [1.29, 1.82) is 0 Å². The third kappa shape index (κ3) is 3.68. The summed E-state index contributed by atoms with van der Waals surface area (Å²) in [7, 11) is 2.86. The van der Waals surface area contributed by atoms with Crippen molar-refractivity contribution >= 4 is 44.0 Å². The zero-order chi connectivity index (χ0) is 17.3. The maximum atomic E-state index is 13.6. The van der Waals surface area contributed by atoms with Crippen LogP contribution in [0.1, 0.15) is 5.56 Å². The van der Waals surface area contributed by atoms with E-state index in [1.165, 1.54) is 26.7 Å². The predicted octanol–water partition coefficient (Wildman–Crippen LogP) is 5.87. The lowest BCUT2D eigenvalue weighted by atomic mass is 10.0. The predicted molar refractivity (Wildman–Crippen MR) is 98.3 cm³/mol. The molecule has 2 aromatic carbocycles. The van der Waals surface area contributed by atoms with Crippen LogP contribution in [0.15, 0.2) is 42.5 Å². The molecule has 3 rings (SSSR count). The van der Waals surface area contributed by atoms with Gasteiger partial charge in [0.05, 0.1) is 10.6 Å². The van der Waals surface area contributed by atoms with Gasteiger partial charge in [-0.3, -0.25) is 0 Å². The molecule has 1 N–H and O–H groups in total. The lowest BCUT2D eigenvalue weighted by molar-refractivity contribution is 0.509. The quantitative estimate of drug-likeness (QED) is 0.338. The molecular formula is C16H10F2O2S4. The highest BCUT2D eigenvalue weighted by atomic mass is 32.9. The molecule has 24 heavy (non-hydrogen) atoms. The fourth-order valence-corrected chi connectivity index (χ4v) is 5.64. The molecule has 1 aromatic heterocycles. The van der Waals surface area contributed by atoms with Gasteiger partial charge in [0.25, 0.3) is 0 Å². The van der Waals surface area contributed by atoms with Crippen molar-refractivity contribution in [1.82, 2.24) is 0 Å². The third-order valence-electron chi connectivity index (χ3n) is 3.35. The molecule has 0 radical (unpaired) electrons. The molecule has 0 bridgehead atoms. The van der Waals surface area contributed by atoms with Crippen molar-refractivity contribution in [2.75, 3.05) is 0 Å². The van der Waals surface area contributed by atoms with E-state index in [9.17, 15) is 13.0 Å². The van der Waals surface area contributed by atoms with Gasteiger partial charge in [0.15, 0.2) is 22.7 Å². The molecule has 0 amide bonds. The van der Waals surface area contributed by atoms with Crippen molar-refractivity contribution < 1.29 is 17.5 Å². The molecule has 0 aliphatic carbocycles. The molecule has 0 saturated heterocycles. The topological polar surface area (TPSA) is 37.3 Å². The summed E-state index contributed by atoms with van der Waals surface area (Å²) in [6.07, 6.45) is 0. The summed E-state index contributed by atoms with van der Waals surface area (Å²) in [5.41, 5.74) is 2.86. The van der Waals surface area contributed by atoms with Crippen molar-refractivity contribution in [3.05, 3.63) is 63.5 Å². The monoisotopic (exact) mass is 400 g/mol. The Morgan fingerprint density at radius 1 is 1.00 bits per heavy atom. The van der Waals surface area contributed by atoms with Gasteiger partial charge in [-0.25, -0.2) is 13.0 Å². The first-order valence-electron chi connectivity index (χ1n) is 6.71. The summed E-state index contributed by atoms with van der Waals surface area (Å²) in [6, 6.07) is 10.9. The highest BCUT2D eigenvalue weighted by molar-refractivity contribution is 7.80. The molecule has 0 aliphatic rings. The summed E-state index contributed by atoms with van der Waals surface area (Å²) in [5, 5.41) is 0. The van der Waals surface area contributed by atoms with Crippen molar-refractivity contribution in [2.24, 2.45) is 0 Å². The maximum Gasteiger partial charge on any atom is 0.159 e. The Labute approximate surface area is 152 Å². The van der Waals surface area contributed by atoms with Gasteiger partial charge in [-0.05, 0) is 28.8 Å². The zero-order valence-corrected chi connectivity index (χ0v) is 15.3. The number of hydrogen-bond acceptors (Lipinski definition) is 4. The molecular weight excluding hydrogens is 390 g/mol. The highest BCUT2D eigenvalue weighted by Gasteiger charge is 2.15. The molecule has 1 atom stereocenters. The zero-order valence-electron chi connectivity index (χ0n) is 12.0. The van der Waals surface area contributed by atoms with E-state index in [1.54, 1.807) is 12.1 Å². The van der Waals surface area contributed by atoms with Gasteiger partial charge < -0.3 is 4.55 Å². The largest absolute Gasteiger partial charge is 0.306 e. The minimum absolute atomic E-state index is 0.0651. The van der Waals surface area contributed by atoms with Gasteiger partial charge in [-0.2, -0.15) is 0 Å². The van der Waals surface area contributed by atoms with Gasteiger partial charge in [-0.1, -0.05) is 63.2 Å². The van der Waals surface area contributed by atoms with Crippen molar-refractivity contribution in [3.8, 4) is 21.6 Å². The molecule has 0 saturated carbocycles. The van der Waals surface area contributed by atoms with Crippen LogP contribution in [0.3, 0.4) is 0 Å². The minimum Gasteiger partial charge on any atom is -0.306 e. The minimum atomic E-state index is -1.89. The van der Waals surface area contributed by atoms with Gasteiger partial charge in [0.1, 0.15) is 3.82 Å². The fraction of sp³-hybridized carbons (Fsp3) is 0.0625. The van der Waals surface area contributed by atoms with E-state index in [-0.39, 0.29) is 5.75 Å². The number of benzene rings is 2. The maximum absolute atomic E-state index is 13.6. The van der Waals surface area contributed by atoms with E-state index in [2.05, 4.69) is 0 Å². The van der Waals surface area contributed by atoms with Crippen LogP contribution in [0.5, 0.6) is 0 Å². The van der Waals surface area contributed by atoms with Crippen LogP contribution in [0.4, 0.5) is 8.78 Å². The lowest BCUT2D eigenvalue weighted by Crippen LogP contribution is -1.92. The van der Waals surface area contributed by atoms with Gasteiger partial charge >= 0.3 is 0 Å². The van der Waals surface area contributed by atoms with Crippen LogP contribution in [-0.2, 0) is 16.8 Å². The first kappa shape index (κ1) is 17.5. The average molecular weight is 401 g/mol. The molecule has 1 unspecified atom stereocenters. The van der Waals surface area contributed by atoms with E-state index in [0.717, 1.165) is 28.1 Å². The second kappa shape index (κ2) is 7.28. The van der Waals surface area contributed by atoms with Crippen LogP contribution >= 0.6 is 32.9 Å². The Bertz CT molecular complexity index is 961. The molecule has 1 heterocycles. The van der Waals surface area contributed by atoms with E-state index in [1.807, 2.05) is 12.1 Å². The van der Waals surface area contributed by atoms with Gasteiger partial charge in [-0.15, -0.1) is 0 Å². The molecule has 0 aliphatic heterocycles. The second-order valence-electron chi connectivity index (χ2n) is 4.95. The summed E-state index contributed by atoms with van der Waals surface area (Å²) in [5.74, 6) is -1.74. The van der Waals surface area contributed by atoms with Crippen molar-refractivity contribution in [3.63, 3.8) is 0 Å². The van der Waals surface area contributed by atoms with Crippen LogP contribution in [0.2, 0.25) is 0 Å². The lowest BCUT2D eigenvalue weighted by Gasteiger charge is -2.06. The standard InChI is InChI=1S/C16H10F2O2S4/c17-12-6-5-11(7-13(12)18)14-15(22-23-16(14)21)10-3-1-9(2-4-10)8-24(19)20/h1-7H,8H2,(H,19,20). The smallest absolute Gasteiger partial charge is 0.159 e. The van der Waals surface area contributed by atoms with E-state index in [4.69, 9.17) is 16.8 Å². The fourth-order valence-electron chi connectivity index (χ4n) is 2.24. The SMILES string of the molecule is O=S(O)Cc1ccc(-c2ssc(=S)c2-c2ccc(F)c(F)c2)cc1. The molecule has 2 nitrogen and oxygen atoms in total. The number of halogens is 2. The number of rotatable bonds is 4. The molecule has 8 heteroatoms. The highest BCUT2D eigenvalue weighted by Crippen LogP contribution is 2.41. The van der Waals surface area contributed by atoms with Gasteiger partial charge in [0.2, 0.25) is 0 Å². The van der Waals surface area contributed by atoms with Crippen molar-refractivity contribution in [2.45, 2.75) is 5.75 Å². The van der Waals surface area contributed by atoms with Crippen LogP contribution in [-0.4, -0.2) is 8.76 Å². The first-order valence-corrected chi connectivity index (χ1v) is 10.5. The Morgan fingerprint density at radius 3 is 2.29 bits per heavy atom. The van der Waals surface area contributed by atoms with Crippen LogP contribution < -0.4 is 0 Å². The molecule has 0 fully saturated rings. The Morgan fingerprint density at radius 2 is 1.67 bits per heavy atom. The molecule has 0 spiro atoms. The van der Waals surface area contributed by atoms with Crippen LogP contribution in [0, 0.1) is 15.5 Å². The van der Waals surface area contributed by atoms with E-state index >= 15 is 0 Å². The molecule has 124 valence electrons. The molecule has 3 aromatic rings. The Balaban J connectivity index is 2.05. The van der Waals surface area contributed by atoms with E-state index < -0.39 is 22.7 Å².